The van der Waals surface area contributed by atoms with E-state index < -0.39 is 16.2 Å². The summed E-state index contributed by atoms with van der Waals surface area (Å²) < 4.78 is 27.5. The Bertz CT molecular complexity index is 704. The van der Waals surface area contributed by atoms with Crippen LogP contribution in [0.15, 0.2) is 23.4 Å². The highest BCUT2D eigenvalue weighted by atomic mass is 79.9. The molecule has 0 saturated heterocycles. The van der Waals surface area contributed by atoms with Gasteiger partial charge in [-0.1, -0.05) is 38.8 Å². The normalized spacial score (nSPS) is 18.0. The molecule has 0 aromatic heterocycles. The first kappa shape index (κ1) is 16.3. The predicted molar refractivity (Wildman–Crippen MR) is 81.6 cm³/mol. The monoisotopic (exact) mass is 395 g/mol. The molecule has 1 unspecified atom stereocenters. The zero-order chi connectivity index (χ0) is 15.6. The van der Waals surface area contributed by atoms with Crippen LogP contribution in [0.5, 0.6) is 5.75 Å². The maximum absolute atomic E-state index is 11.6. The van der Waals surface area contributed by atoms with Gasteiger partial charge in [0.2, 0.25) is 0 Å². The highest BCUT2D eigenvalue weighted by Gasteiger charge is 2.31. The Kier molecular flexibility index (Phi) is 4.90. The second kappa shape index (κ2) is 6.33. The Hall–Kier alpha value is -1.12. The topological polar surface area (TPSA) is 82.0 Å². The second-order valence-corrected chi connectivity index (χ2v) is 6.87. The minimum atomic E-state index is -3.71. The number of hydrogen-bond donors (Lipinski definition) is 0. The number of rotatable bonds is 5. The van der Waals surface area contributed by atoms with Gasteiger partial charge in [0, 0.05) is 6.42 Å². The van der Waals surface area contributed by atoms with Gasteiger partial charge < -0.3 is 9.02 Å². The largest absolute Gasteiger partial charge is 0.387 e. The van der Waals surface area contributed by atoms with Gasteiger partial charge in [-0.2, -0.15) is 8.42 Å². The second-order valence-electron chi connectivity index (χ2n) is 4.33. The molecule has 0 fully saturated rings. The zero-order valence-electron chi connectivity index (χ0n) is 10.9. The van der Waals surface area contributed by atoms with E-state index in [1.807, 2.05) is 0 Å². The van der Waals surface area contributed by atoms with Crippen LogP contribution in [-0.2, 0) is 19.8 Å². The van der Waals surface area contributed by atoms with Gasteiger partial charge in [0.15, 0.2) is 17.6 Å². The van der Waals surface area contributed by atoms with Crippen molar-refractivity contribution in [3.63, 3.8) is 0 Å². The number of ketones is 1. The van der Waals surface area contributed by atoms with Gasteiger partial charge in [-0.25, -0.2) is 0 Å². The van der Waals surface area contributed by atoms with Crippen molar-refractivity contribution in [2.24, 2.45) is 5.16 Å². The van der Waals surface area contributed by atoms with E-state index >= 15 is 0 Å². The summed E-state index contributed by atoms with van der Waals surface area (Å²) >= 11 is 9.15. The van der Waals surface area contributed by atoms with E-state index in [1.54, 1.807) is 12.1 Å². The Balaban J connectivity index is 2.31. The molecule has 0 amide bonds. The third kappa shape index (κ3) is 3.96. The Morgan fingerprint density at radius 2 is 2.29 bits per heavy atom. The lowest BCUT2D eigenvalue weighted by Crippen LogP contribution is -2.14. The van der Waals surface area contributed by atoms with Crippen molar-refractivity contribution in [2.45, 2.75) is 12.5 Å². The van der Waals surface area contributed by atoms with Crippen LogP contribution in [0.25, 0.3) is 0 Å². The summed E-state index contributed by atoms with van der Waals surface area (Å²) in [5, 5.41) is 4.13. The number of nitrogens with zero attached hydrogens (tertiary/aromatic N) is 1. The summed E-state index contributed by atoms with van der Waals surface area (Å²) in [6, 6.07) is 4.61. The van der Waals surface area contributed by atoms with Gasteiger partial charge in [0.05, 0.1) is 22.2 Å². The van der Waals surface area contributed by atoms with Gasteiger partial charge in [0.25, 0.3) is 0 Å². The maximum Gasteiger partial charge on any atom is 0.306 e. The maximum atomic E-state index is 11.6. The van der Waals surface area contributed by atoms with Crippen molar-refractivity contribution >= 4 is 49.1 Å². The fourth-order valence-corrected chi connectivity index (χ4v) is 2.92. The SMILES string of the molecule is CS(=O)(=O)Oc1cccc(Cl)c1C1CC(C(=O)CBr)=NO1. The summed E-state index contributed by atoms with van der Waals surface area (Å²) in [5.41, 5.74) is 0.618. The number of halogens is 2. The smallest absolute Gasteiger partial charge is 0.306 e. The number of benzene rings is 1. The van der Waals surface area contributed by atoms with Crippen molar-refractivity contribution in [1.29, 1.82) is 0 Å². The van der Waals surface area contributed by atoms with Crippen molar-refractivity contribution in [3.8, 4) is 5.75 Å². The highest BCUT2D eigenvalue weighted by molar-refractivity contribution is 9.09. The van der Waals surface area contributed by atoms with Crippen molar-refractivity contribution in [2.75, 3.05) is 11.6 Å². The Labute approximate surface area is 135 Å². The summed E-state index contributed by atoms with van der Waals surface area (Å²) in [4.78, 5) is 16.8. The van der Waals surface area contributed by atoms with Crippen LogP contribution in [0.2, 0.25) is 5.02 Å². The van der Waals surface area contributed by atoms with Crippen LogP contribution in [0.3, 0.4) is 0 Å². The fourth-order valence-electron chi connectivity index (χ4n) is 1.84. The molecule has 1 aliphatic rings. The molecule has 1 aromatic carbocycles. The van der Waals surface area contributed by atoms with Crippen LogP contribution >= 0.6 is 27.5 Å². The average molecular weight is 397 g/mol. The van der Waals surface area contributed by atoms with Crippen LogP contribution in [0, 0.1) is 0 Å². The Morgan fingerprint density at radius 3 is 2.90 bits per heavy atom. The molecule has 1 heterocycles. The molecular formula is C12H11BrClNO5S. The molecule has 0 N–H and O–H groups in total. The molecule has 21 heavy (non-hydrogen) atoms. The van der Waals surface area contributed by atoms with Crippen molar-refractivity contribution in [1.82, 2.24) is 0 Å². The molecular weight excluding hydrogens is 386 g/mol. The zero-order valence-corrected chi connectivity index (χ0v) is 14.0. The molecule has 1 aliphatic heterocycles. The number of Topliss-reactive ketones (excluding diaryl/α,β-unsaturated/α-hetero) is 1. The third-order valence-corrected chi connectivity index (χ3v) is 4.01. The summed E-state index contributed by atoms with van der Waals surface area (Å²) in [7, 11) is -3.71. The molecule has 9 heteroatoms. The minimum Gasteiger partial charge on any atom is -0.387 e. The standard InChI is InChI=1S/C12H11BrClNO5S/c1-21(17,18)20-10-4-2-3-7(14)12(10)11-5-8(15-19-11)9(16)6-13/h2-4,11H,5-6H2,1H3. The molecule has 0 spiro atoms. The molecule has 0 aliphatic carbocycles. The van der Waals surface area contributed by atoms with Gasteiger partial charge in [0.1, 0.15) is 5.71 Å². The summed E-state index contributed by atoms with van der Waals surface area (Å²) in [5.74, 6) is -0.132. The van der Waals surface area contributed by atoms with Crippen LogP contribution in [0.1, 0.15) is 18.1 Å². The van der Waals surface area contributed by atoms with E-state index in [1.165, 1.54) is 6.07 Å². The van der Waals surface area contributed by atoms with Gasteiger partial charge in [-0.3, -0.25) is 4.79 Å². The van der Waals surface area contributed by atoms with Crippen LogP contribution in [0.4, 0.5) is 0 Å². The molecule has 0 saturated carbocycles. The predicted octanol–water partition coefficient (Wildman–Crippen LogP) is 2.46. The number of carbonyl (C=O) groups is 1. The molecule has 2 rings (SSSR count). The van der Waals surface area contributed by atoms with Crippen LogP contribution in [-0.4, -0.2) is 31.5 Å². The van der Waals surface area contributed by atoms with E-state index in [9.17, 15) is 13.2 Å². The summed E-state index contributed by atoms with van der Waals surface area (Å²) in [6.45, 7) is 0. The molecule has 114 valence electrons. The van der Waals surface area contributed by atoms with E-state index in [2.05, 4.69) is 21.1 Å². The molecule has 1 aromatic rings. The number of oxime groups is 1. The lowest BCUT2D eigenvalue weighted by atomic mass is 10.0. The van der Waals surface area contributed by atoms with E-state index in [0.29, 0.717) is 5.56 Å². The number of carbonyl (C=O) groups excluding carboxylic acids is 1. The van der Waals surface area contributed by atoms with Crippen molar-refractivity contribution in [3.05, 3.63) is 28.8 Å². The highest BCUT2D eigenvalue weighted by Crippen LogP contribution is 2.39. The van der Waals surface area contributed by atoms with E-state index in [0.717, 1.165) is 6.26 Å². The Morgan fingerprint density at radius 1 is 1.57 bits per heavy atom. The molecule has 0 bridgehead atoms. The first-order valence-electron chi connectivity index (χ1n) is 5.81. The quantitative estimate of drug-likeness (QED) is 0.564. The first-order chi connectivity index (χ1) is 9.81. The minimum absolute atomic E-state index is 0.0674. The number of alkyl halides is 1. The van der Waals surface area contributed by atoms with E-state index in [-0.39, 0.29) is 34.0 Å². The molecule has 0 radical (unpaired) electrons. The average Bonchev–Trinajstić information content (AvgIpc) is 2.85. The van der Waals surface area contributed by atoms with Gasteiger partial charge in [-0.15, -0.1) is 0 Å². The first-order valence-corrected chi connectivity index (χ1v) is 9.13. The number of hydrogen-bond acceptors (Lipinski definition) is 6. The fraction of sp³-hybridized carbons (Fsp3) is 0.333. The lowest BCUT2D eigenvalue weighted by molar-refractivity contribution is -0.110. The molecule has 1 atom stereocenters. The lowest BCUT2D eigenvalue weighted by Gasteiger charge is -2.15. The van der Waals surface area contributed by atoms with Gasteiger partial charge in [-0.05, 0) is 12.1 Å². The van der Waals surface area contributed by atoms with Gasteiger partial charge >= 0.3 is 10.1 Å². The molecule has 6 nitrogen and oxygen atoms in total. The third-order valence-electron chi connectivity index (χ3n) is 2.69. The van der Waals surface area contributed by atoms with Crippen molar-refractivity contribution < 1.29 is 22.2 Å². The van der Waals surface area contributed by atoms with E-state index in [4.69, 9.17) is 20.6 Å². The summed E-state index contributed by atoms with van der Waals surface area (Å²) in [6.07, 6.45) is 0.478. The van der Waals surface area contributed by atoms with Crippen LogP contribution < -0.4 is 4.18 Å².